The number of nitrogens with two attached hydrogens (primary N) is 1. The van der Waals surface area contributed by atoms with E-state index in [0.29, 0.717) is 6.54 Å². The Morgan fingerprint density at radius 1 is 1.35 bits per heavy atom. The van der Waals surface area contributed by atoms with Gasteiger partial charge in [0.1, 0.15) is 0 Å². The van der Waals surface area contributed by atoms with Gasteiger partial charge in [-0.25, -0.2) is 0 Å². The minimum absolute atomic E-state index is 0. The highest BCUT2D eigenvalue weighted by molar-refractivity contribution is 5.85. The van der Waals surface area contributed by atoms with E-state index in [-0.39, 0.29) is 18.3 Å². The molecule has 4 nitrogen and oxygen atoms in total. The fraction of sp³-hybridized carbons (Fsp3) is 0.417. The molecule has 17 heavy (non-hydrogen) atoms. The van der Waals surface area contributed by atoms with Crippen molar-refractivity contribution in [3.8, 4) is 0 Å². The minimum atomic E-state index is 0. The Balaban J connectivity index is 0.00000256. The van der Waals surface area contributed by atoms with Gasteiger partial charge in [0, 0.05) is 37.9 Å². The van der Waals surface area contributed by atoms with Gasteiger partial charge in [-0.2, -0.15) is 0 Å². The van der Waals surface area contributed by atoms with Gasteiger partial charge in [-0.1, -0.05) is 0 Å². The number of carbonyl (C=O) groups excluding carboxylic acids is 1. The van der Waals surface area contributed by atoms with Crippen molar-refractivity contribution in [3.05, 3.63) is 24.3 Å². The van der Waals surface area contributed by atoms with Crippen LogP contribution in [0.25, 0.3) is 0 Å². The van der Waals surface area contributed by atoms with E-state index >= 15 is 0 Å². The van der Waals surface area contributed by atoms with Crippen molar-refractivity contribution >= 4 is 29.7 Å². The zero-order valence-corrected chi connectivity index (χ0v) is 11.1. The molecule has 0 aliphatic carbocycles. The maximum Gasteiger partial charge on any atom is 0.216 e. The first kappa shape index (κ1) is 15.6. The monoisotopic (exact) mass is 257 g/mol. The standard InChI is InChI=1S/C12H19N3O.ClH/c1-3-15(9-8-14-10(2)16)12-6-4-11(13)5-7-12;/h4-7H,3,8-9,13H2,1-2H3,(H,14,16);1H. The van der Waals surface area contributed by atoms with Crippen LogP contribution in [-0.4, -0.2) is 25.5 Å². The first-order chi connectivity index (χ1) is 7.63. The Kier molecular flexibility index (Phi) is 7.14. The fourth-order valence-corrected chi connectivity index (χ4v) is 1.52. The third-order valence-corrected chi connectivity index (χ3v) is 2.40. The van der Waals surface area contributed by atoms with Crippen molar-refractivity contribution in [3.63, 3.8) is 0 Å². The third-order valence-electron chi connectivity index (χ3n) is 2.40. The number of benzene rings is 1. The van der Waals surface area contributed by atoms with Gasteiger partial charge < -0.3 is 16.0 Å². The van der Waals surface area contributed by atoms with Gasteiger partial charge >= 0.3 is 0 Å². The Hall–Kier alpha value is -1.42. The lowest BCUT2D eigenvalue weighted by Gasteiger charge is -2.23. The number of halogens is 1. The summed E-state index contributed by atoms with van der Waals surface area (Å²) in [5, 5.41) is 2.79. The molecule has 0 heterocycles. The number of amides is 1. The van der Waals surface area contributed by atoms with Crippen LogP contribution in [0.5, 0.6) is 0 Å². The zero-order valence-electron chi connectivity index (χ0n) is 10.3. The van der Waals surface area contributed by atoms with Crippen LogP contribution in [0.15, 0.2) is 24.3 Å². The van der Waals surface area contributed by atoms with E-state index in [4.69, 9.17) is 5.73 Å². The molecule has 5 heteroatoms. The molecule has 0 aliphatic heterocycles. The Morgan fingerprint density at radius 3 is 2.41 bits per heavy atom. The highest BCUT2D eigenvalue weighted by Crippen LogP contribution is 2.15. The van der Waals surface area contributed by atoms with Crippen LogP contribution in [0.1, 0.15) is 13.8 Å². The molecule has 0 bridgehead atoms. The van der Waals surface area contributed by atoms with E-state index < -0.39 is 0 Å². The number of carbonyl (C=O) groups is 1. The largest absolute Gasteiger partial charge is 0.399 e. The van der Waals surface area contributed by atoms with Gasteiger partial charge in [-0.15, -0.1) is 12.4 Å². The second-order valence-corrected chi connectivity index (χ2v) is 3.65. The van der Waals surface area contributed by atoms with E-state index in [1.165, 1.54) is 6.92 Å². The van der Waals surface area contributed by atoms with Crippen LogP contribution in [0.3, 0.4) is 0 Å². The fourth-order valence-electron chi connectivity index (χ4n) is 1.52. The lowest BCUT2D eigenvalue weighted by Crippen LogP contribution is -2.33. The lowest BCUT2D eigenvalue weighted by atomic mass is 10.2. The third kappa shape index (κ3) is 5.45. The van der Waals surface area contributed by atoms with E-state index in [1.807, 2.05) is 24.3 Å². The predicted octanol–water partition coefficient (Wildman–Crippen LogP) is 1.65. The quantitative estimate of drug-likeness (QED) is 0.789. The number of likely N-dealkylation sites (N-methyl/N-ethyl adjacent to an activating group) is 1. The Labute approximate surface area is 109 Å². The molecule has 0 saturated carbocycles. The van der Waals surface area contributed by atoms with E-state index in [0.717, 1.165) is 24.5 Å². The number of nitrogens with one attached hydrogen (secondary N) is 1. The van der Waals surface area contributed by atoms with Gasteiger partial charge in [0.2, 0.25) is 5.91 Å². The van der Waals surface area contributed by atoms with E-state index in [1.54, 1.807) is 0 Å². The molecule has 0 unspecified atom stereocenters. The second-order valence-electron chi connectivity index (χ2n) is 3.65. The van der Waals surface area contributed by atoms with Gasteiger partial charge in [0.15, 0.2) is 0 Å². The second kappa shape index (κ2) is 7.79. The summed E-state index contributed by atoms with van der Waals surface area (Å²) in [5.74, 6) is 0.00774. The van der Waals surface area contributed by atoms with Gasteiger partial charge in [-0.05, 0) is 31.2 Å². The number of nitrogens with zero attached hydrogens (tertiary/aromatic N) is 1. The minimum Gasteiger partial charge on any atom is -0.399 e. The molecule has 0 radical (unpaired) electrons. The number of hydrogen-bond acceptors (Lipinski definition) is 3. The Bertz CT molecular complexity index is 340. The van der Waals surface area contributed by atoms with Crippen molar-refractivity contribution in [1.82, 2.24) is 5.32 Å². The lowest BCUT2D eigenvalue weighted by molar-refractivity contribution is -0.118. The molecule has 0 atom stereocenters. The summed E-state index contributed by atoms with van der Waals surface area (Å²) in [4.78, 5) is 12.9. The normalized spacial score (nSPS) is 9.29. The van der Waals surface area contributed by atoms with Crippen molar-refractivity contribution in [1.29, 1.82) is 0 Å². The first-order valence-electron chi connectivity index (χ1n) is 5.48. The Morgan fingerprint density at radius 2 is 1.94 bits per heavy atom. The van der Waals surface area contributed by atoms with Crippen LogP contribution in [-0.2, 0) is 4.79 Å². The van der Waals surface area contributed by atoms with Crippen LogP contribution in [0.4, 0.5) is 11.4 Å². The summed E-state index contributed by atoms with van der Waals surface area (Å²) < 4.78 is 0. The summed E-state index contributed by atoms with van der Waals surface area (Å²) in [5.41, 5.74) is 7.52. The van der Waals surface area contributed by atoms with Crippen LogP contribution in [0.2, 0.25) is 0 Å². The molecule has 0 spiro atoms. The molecule has 0 aromatic heterocycles. The molecule has 3 N–H and O–H groups in total. The summed E-state index contributed by atoms with van der Waals surface area (Å²) in [6.07, 6.45) is 0. The highest BCUT2D eigenvalue weighted by Gasteiger charge is 2.03. The summed E-state index contributed by atoms with van der Waals surface area (Å²) in [6.45, 7) is 5.99. The number of rotatable bonds is 5. The van der Waals surface area contributed by atoms with Crippen molar-refractivity contribution < 1.29 is 4.79 Å². The van der Waals surface area contributed by atoms with Crippen molar-refractivity contribution in [2.45, 2.75) is 13.8 Å². The molecule has 0 aliphatic rings. The number of nitrogen functional groups attached to an aromatic ring is 1. The summed E-state index contributed by atoms with van der Waals surface area (Å²) >= 11 is 0. The van der Waals surface area contributed by atoms with Crippen LogP contribution in [0, 0.1) is 0 Å². The summed E-state index contributed by atoms with van der Waals surface area (Å²) in [7, 11) is 0. The molecule has 96 valence electrons. The maximum absolute atomic E-state index is 10.7. The van der Waals surface area contributed by atoms with Crippen molar-refractivity contribution in [2.24, 2.45) is 0 Å². The van der Waals surface area contributed by atoms with Gasteiger partial charge in [0.05, 0.1) is 0 Å². The zero-order chi connectivity index (χ0) is 12.0. The van der Waals surface area contributed by atoms with Crippen LogP contribution >= 0.6 is 12.4 Å². The molecular weight excluding hydrogens is 238 g/mol. The van der Waals surface area contributed by atoms with Gasteiger partial charge in [0.25, 0.3) is 0 Å². The molecule has 1 aromatic carbocycles. The SMILES string of the molecule is CCN(CCNC(C)=O)c1ccc(N)cc1.Cl. The predicted molar refractivity (Wildman–Crippen MR) is 74.7 cm³/mol. The van der Waals surface area contributed by atoms with Crippen molar-refractivity contribution in [2.75, 3.05) is 30.3 Å². The topological polar surface area (TPSA) is 58.4 Å². The number of hydrogen-bond donors (Lipinski definition) is 2. The molecule has 0 saturated heterocycles. The highest BCUT2D eigenvalue weighted by atomic mass is 35.5. The number of anilines is 2. The van der Waals surface area contributed by atoms with Crippen LogP contribution < -0.4 is 16.0 Å². The smallest absolute Gasteiger partial charge is 0.216 e. The van der Waals surface area contributed by atoms with E-state index in [9.17, 15) is 4.79 Å². The average Bonchev–Trinajstić information content (AvgIpc) is 2.26. The molecule has 1 rings (SSSR count). The van der Waals surface area contributed by atoms with E-state index in [2.05, 4.69) is 17.1 Å². The maximum atomic E-state index is 10.7. The molecule has 1 amide bonds. The molecule has 1 aromatic rings. The van der Waals surface area contributed by atoms with Gasteiger partial charge in [-0.3, -0.25) is 4.79 Å². The summed E-state index contributed by atoms with van der Waals surface area (Å²) in [6, 6.07) is 7.76. The molecule has 0 fully saturated rings. The average molecular weight is 258 g/mol. The first-order valence-corrected chi connectivity index (χ1v) is 5.48. The molecular formula is C12H20ClN3O.